The molecule has 0 bridgehead atoms. The lowest BCUT2D eigenvalue weighted by Crippen LogP contribution is -2.47. The summed E-state index contributed by atoms with van der Waals surface area (Å²) in [7, 11) is -3.85. The predicted octanol–water partition coefficient (Wildman–Crippen LogP) is 5.00. The van der Waals surface area contributed by atoms with Crippen molar-refractivity contribution in [1.29, 1.82) is 0 Å². The molecular weight excluding hydrogens is 479 g/mol. The predicted molar refractivity (Wildman–Crippen MR) is 127 cm³/mol. The van der Waals surface area contributed by atoms with Crippen molar-refractivity contribution in [3.63, 3.8) is 0 Å². The molecule has 0 spiro atoms. The van der Waals surface area contributed by atoms with Gasteiger partial charge in [0.05, 0.1) is 17.0 Å². The van der Waals surface area contributed by atoms with E-state index in [-0.39, 0.29) is 22.3 Å². The zero-order valence-electron chi connectivity index (χ0n) is 17.0. The van der Waals surface area contributed by atoms with E-state index in [2.05, 4.69) is 15.5 Å². The molecule has 0 saturated heterocycles. The molecule has 0 aliphatic carbocycles. The van der Waals surface area contributed by atoms with Crippen LogP contribution in [0.15, 0.2) is 42.5 Å². The molecule has 0 saturated carbocycles. The molecule has 0 fully saturated rings. The maximum Gasteiger partial charge on any atom is 0.250 e. The lowest BCUT2D eigenvalue weighted by molar-refractivity contribution is -0.117. The van der Waals surface area contributed by atoms with Gasteiger partial charge in [0, 0.05) is 10.6 Å². The van der Waals surface area contributed by atoms with Gasteiger partial charge < -0.3 is 0 Å². The first-order valence-corrected chi connectivity index (χ1v) is 12.7. The van der Waals surface area contributed by atoms with Gasteiger partial charge in [0.15, 0.2) is 0 Å². The highest BCUT2D eigenvalue weighted by molar-refractivity contribution is 7.92. The molecule has 1 aromatic heterocycles. The number of benzene rings is 2. The number of hydrogen-bond donors (Lipinski definition) is 1. The average Bonchev–Trinajstić information content (AvgIpc) is 3.16. The van der Waals surface area contributed by atoms with E-state index in [0.29, 0.717) is 10.0 Å². The number of nitrogens with one attached hydrogen (secondary N) is 1. The number of anilines is 2. The Hall–Kier alpha value is -2.20. The van der Waals surface area contributed by atoms with Gasteiger partial charge >= 0.3 is 0 Å². The highest BCUT2D eigenvalue weighted by Gasteiger charge is 2.33. The molecule has 3 rings (SSSR count). The van der Waals surface area contributed by atoms with Gasteiger partial charge in [-0.2, -0.15) is 0 Å². The molecule has 0 radical (unpaired) electrons. The summed E-state index contributed by atoms with van der Waals surface area (Å²) in [5.74, 6) is -0.546. The fourth-order valence-corrected chi connectivity index (χ4v) is 5.36. The average molecular weight is 499 g/mol. The van der Waals surface area contributed by atoms with Crippen LogP contribution >= 0.6 is 34.5 Å². The number of rotatable bonds is 7. The second kappa shape index (κ2) is 9.52. The third kappa shape index (κ3) is 5.54. The molecule has 3 aromatic rings. The molecular formula is C20H20Cl2N4O3S2. The first-order valence-electron chi connectivity index (χ1n) is 9.26. The number of sulfonamides is 1. The maximum atomic E-state index is 13.0. The van der Waals surface area contributed by atoms with Crippen molar-refractivity contribution >= 4 is 61.3 Å². The molecule has 1 N–H and O–H groups in total. The number of carbonyl (C=O) groups is 1. The van der Waals surface area contributed by atoms with E-state index in [1.165, 1.54) is 23.5 Å². The van der Waals surface area contributed by atoms with Crippen LogP contribution in [0.2, 0.25) is 10.0 Å². The van der Waals surface area contributed by atoms with Crippen LogP contribution in [0.4, 0.5) is 10.8 Å². The number of aromatic nitrogens is 2. The molecule has 0 aliphatic heterocycles. The highest BCUT2D eigenvalue weighted by Crippen LogP contribution is 2.33. The summed E-state index contributed by atoms with van der Waals surface area (Å²) in [5, 5.41) is 12.2. The topological polar surface area (TPSA) is 92.3 Å². The second-order valence-electron chi connectivity index (χ2n) is 6.85. The zero-order chi connectivity index (χ0) is 22.8. The summed E-state index contributed by atoms with van der Waals surface area (Å²) >= 11 is 13.5. The Balaban J connectivity index is 1.89. The SMILES string of the molecule is CC[C@H](C(=O)Nc1nnc(-c2ccc(C)cc2)s1)N(c1cc(Cl)ccc1Cl)S(C)(=O)=O. The fourth-order valence-electron chi connectivity index (χ4n) is 2.97. The molecule has 1 atom stereocenters. The lowest BCUT2D eigenvalue weighted by atomic mass is 10.2. The molecule has 0 aliphatic rings. The minimum Gasteiger partial charge on any atom is -0.299 e. The Bertz CT molecular complexity index is 1200. The summed E-state index contributed by atoms with van der Waals surface area (Å²) in [6.45, 7) is 3.69. The van der Waals surface area contributed by atoms with Gasteiger partial charge in [-0.15, -0.1) is 10.2 Å². The van der Waals surface area contributed by atoms with Crippen LogP contribution in [0.1, 0.15) is 18.9 Å². The smallest absolute Gasteiger partial charge is 0.250 e. The van der Waals surface area contributed by atoms with Gasteiger partial charge in [0.2, 0.25) is 21.1 Å². The van der Waals surface area contributed by atoms with Gasteiger partial charge in [-0.05, 0) is 31.5 Å². The first kappa shape index (κ1) is 23.5. The normalized spacial score (nSPS) is 12.4. The molecule has 31 heavy (non-hydrogen) atoms. The number of carbonyl (C=O) groups excluding carboxylic acids is 1. The molecule has 2 aromatic carbocycles. The molecule has 1 amide bonds. The summed E-state index contributed by atoms with van der Waals surface area (Å²) < 4.78 is 26.2. The van der Waals surface area contributed by atoms with E-state index < -0.39 is 22.0 Å². The van der Waals surface area contributed by atoms with E-state index in [4.69, 9.17) is 23.2 Å². The number of amides is 1. The van der Waals surface area contributed by atoms with Crippen LogP contribution < -0.4 is 9.62 Å². The zero-order valence-corrected chi connectivity index (χ0v) is 20.1. The summed E-state index contributed by atoms with van der Waals surface area (Å²) in [4.78, 5) is 13.0. The number of hydrogen-bond acceptors (Lipinski definition) is 6. The fraction of sp³-hybridized carbons (Fsp3) is 0.250. The Morgan fingerprint density at radius 1 is 1.16 bits per heavy atom. The van der Waals surface area contributed by atoms with Gasteiger partial charge in [0.1, 0.15) is 11.0 Å². The minimum atomic E-state index is -3.85. The summed E-state index contributed by atoms with van der Waals surface area (Å²) in [5.41, 5.74) is 2.13. The van der Waals surface area contributed by atoms with Gasteiger partial charge in [-0.25, -0.2) is 8.42 Å². The number of nitrogens with zero attached hydrogens (tertiary/aromatic N) is 3. The number of halogens is 2. The van der Waals surface area contributed by atoms with Gasteiger partial charge in [-0.3, -0.25) is 14.4 Å². The third-order valence-corrected chi connectivity index (χ3v) is 7.04. The Labute approximate surface area is 195 Å². The van der Waals surface area contributed by atoms with Gasteiger partial charge in [0.25, 0.3) is 0 Å². The third-order valence-electron chi connectivity index (χ3n) is 4.43. The van der Waals surface area contributed by atoms with Crippen molar-refractivity contribution in [3.05, 3.63) is 58.1 Å². The Morgan fingerprint density at radius 3 is 2.45 bits per heavy atom. The van der Waals surface area contributed by atoms with Crippen molar-refractivity contribution in [1.82, 2.24) is 10.2 Å². The van der Waals surface area contributed by atoms with Crippen LogP contribution in [-0.4, -0.2) is 36.8 Å². The van der Waals surface area contributed by atoms with E-state index in [1.54, 1.807) is 13.0 Å². The van der Waals surface area contributed by atoms with Crippen molar-refractivity contribution in [3.8, 4) is 10.6 Å². The van der Waals surface area contributed by atoms with Crippen molar-refractivity contribution in [2.45, 2.75) is 26.3 Å². The van der Waals surface area contributed by atoms with Crippen LogP contribution in [-0.2, 0) is 14.8 Å². The minimum absolute atomic E-state index is 0.135. The van der Waals surface area contributed by atoms with Crippen molar-refractivity contribution in [2.75, 3.05) is 15.9 Å². The Kier molecular flexibility index (Phi) is 7.20. The van der Waals surface area contributed by atoms with E-state index in [1.807, 2.05) is 31.2 Å². The molecule has 164 valence electrons. The van der Waals surface area contributed by atoms with Crippen molar-refractivity contribution < 1.29 is 13.2 Å². The lowest BCUT2D eigenvalue weighted by Gasteiger charge is -2.30. The van der Waals surface area contributed by atoms with Gasteiger partial charge in [-0.1, -0.05) is 71.3 Å². The quantitative estimate of drug-likeness (QED) is 0.494. The maximum absolute atomic E-state index is 13.0. The molecule has 7 nitrogen and oxygen atoms in total. The van der Waals surface area contributed by atoms with E-state index >= 15 is 0 Å². The molecule has 11 heteroatoms. The largest absolute Gasteiger partial charge is 0.299 e. The van der Waals surface area contributed by atoms with E-state index in [9.17, 15) is 13.2 Å². The van der Waals surface area contributed by atoms with Crippen LogP contribution in [0.3, 0.4) is 0 Å². The standard InChI is InChI=1S/C20H20Cl2N4O3S2/c1-4-16(26(31(3,28)29)17-11-14(21)9-10-15(17)22)18(27)23-20-25-24-19(30-20)13-7-5-12(2)6-8-13/h5-11,16H,4H2,1-3H3,(H,23,25,27)/t16-/m1/s1. The summed E-state index contributed by atoms with van der Waals surface area (Å²) in [6.07, 6.45) is 1.21. The first-order chi connectivity index (χ1) is 14.6. The second-order valence-corrected chi connectivity index (χ2v) is 10.5. The molecule has 0 unspecified atom stereocenters. The van der Waals surface area contributed by atoms with Crippen LogP contribution in [0, 0.1) is 6.92 Å². The van der Waals surface area contributed by atoms with Crippen LogP contribution in [0.5, 0.6) is 0 Å². The number of aryl methyl sites for hydroxylation is 1. The van der Waals surface area contributed by atoms with Crippen molar-refractivity contribution in [2.24, 2.45) is 0 Å². The Morgan fingerprint density at radius 2 is 1.84 bits per heavy atom. The van der Waals surface area contributed by atoms with E-state index in [0.717, 1.165) is 21.7 Å². The van der Waals surface area contributed by atoms with Crippen LogP contribution in [0.25, 0.3) is 10.6 Å². The summed E-state index contributed by atoms with van der Waals surface area (Å²) in [6, 6.07) is 11.1. The monoisotopic (exact) mass is 498 g/mol. The molecule has 1 heterocycles. The highest BCUT2D eigenvalue weighted by atomic mass is 35.5.